The molecular weight excluding hydrogens is 315 g/mol. The van der Waals surface area contributed by atoms with Crippen molar-refractivity contribution in [1.29, 1.82) is 0 Å². The molecule has 2 aromatic rings. The van der Waals surface area contributed by atoms with Crippen LogP contribution in [0, 0.1) is 11.7 Å². The van der Waals surface area contributed by atoms with Gasteiger partial charge >= 0.3 is 0 Å². The molecule has 0 aliphatic heterocycles. The van der Waals surface area contributed by atoms with Crippen molar-refractivity contribution in [3.8, 4) is 0 Å². The van der Waals surface area contributed by atoms with Crippen molar-refractivity contribution in [3.63, 3.8) is 0 Å². The van der Waals surface area contributed by atoms with Crippen LogP contribution in [0.25, 0.3) is 0 Å². The summed E-state index contributed by atoms with van der Waals surface area (Å²) < 4.78 is 13.2. The summed E-state index contributed by atoms with van der Waals surface area (Å²) in [6.45, 7) is 1.93. The monoisotopic (exact) mass is 340 g/mol. The number of carbonyl (C=O) groups excluding carboxylic acids is 1. The Bertz CT molecular complexity index is 759. The first-order valence-corrected chi connectivity index (χ1v) is 8.96. The van der Waals surface area contributed by atoms with E-state index in [0.29, 0.717) is 12.8 Å². The maximum Gasteiger partial charge on any atom is 0.223 e. The number of anilines is 1. The topological polar surface area (TPSA) is 55.1 Å². The summed E-state index contributed by atoms with van der Waals surface area (Å²) in [5, 5.41) is 3.19. The predicted molar refractivity (Wildman–Crippen MR) is 98.6 cm³/mol. The number of nitrogen functional groups attached to an aromatic ring is 1. The molecule has 0 saturated carbocycles. The molecule has 0 fully saturated rings. The van der Waals surface area contributed by atoms with Crippen molar-refractivity contribution < 1.29 is 9.18 Å². The molecule has 3 N–H and O–H groups in total. The highest BCUT2D eigenvalue weighted by molar-refractivity contribution is 5.79. The average Bonchev–Trinajstić information content (AvgIpc) is 2.59. The number of halogens is 1. The van der Waals surface area contributed by atoms with Crippen LogP contribution in [0.2, 0.25) is 0 Å². The maximum absolute atomic E-state index is 13.2. The first-order chi connectivity index (χ1) is 12.0. The van der Waals surface area contributed by atoms with E-state index in [9.17, 15) is 9.18 Å². The van der Waals surface area contributed by atoms with E-state index < -0.39 is 0 Å². The van der Waals surface area contributed by atoms with Gasteiger partial charge in [0.05, 0.1) is 6.04 Å². The molecule has 3 nitrogen and oxygen atoms in total. The molecule has 3 rings (SSSR count). The Morgan fingerprint density at radius 1 is 1.32 bits per heavy atom. The highest BCUT2D eigenvalue weighted by atomic mass is 19.1. The van der Waals surface area contributed by atoms with Crippen LogP contribution >= 0.6 is 0 Å². The van der Waals surface area contributed by atoms with Crippen LogP contribution in [0.3, 0.4) is 0 Å². The maximum atomic E-state index is 13.2. The first kappa shape index (κ1) is 17.5. The summed E-state index contributed by atoms with van der Waals surface area (Å²) in [7, 11) is 0. The molecule has 0 saturated heterocycles. The minimum Gasteiger partial charge on any atom is -0.399 e. The van der Waals surface area contributed by atoms with Crippen molar-refractivity contribution in [3.05, 3.63) is 65.0 Å². The Morgan fingerprint density at radius 2 is 2.16 bits per heavy atom. The molecule has 1 aliphatic rings. The number of nitrogens with one attached hydrogen (secondary N) is 1. The van der Waals surface area contributed by atoms with E-state index in [2.05, 4.69) is 5.32 Å². The van der Waals surface area contributed by atoms with E-state index in [4.69, 9.17) is 5.73 Å². The lowest BCUT2D eigenvalue weighted by Crippen LogP contribution is -2.34. The highest BCUT2D eigenvalue weighted by Crippen LogP contribution is 2.31. The molecule has 2 atom stereocenters. The van der Waals surface area contributed by atoms with Gasteiger partial charge in [0.1, 0.15) is 5.82 Å². The second-order valence-electron chi connectivity index (χ2n) is 6.98. The van der Waals surface area contributed by atoms with Gasteiger partial charge in [-0.3, -0.25) is 4.79 Å². The summed E-state index contributed by atoms with van der Waals surface area (Å²) >= 11 is 0. The van der Waals surface area contributed by atoms with Crippen molar-refractivity contribution >= 4 is 11.6 Å². The fourth-order valence-electron chi connectivity index (χ4n) is 3.50. The van der Waals surface area contributed by atoms with E-state index in [1.165, 1.54) is 23.3 Å². The second-order valence-corrected chi connectivity index (χ2v) is 6.98. The second kappa shape index (κ2) is 7.68. The number of rotatable bonds is 5. The Morgan fingerprint density at radius 3 is 2.96 bits per heavy atom. The van der Waals surface area contributed by atoms with Crippen molar-refractivity contribution in [2.75, 3.05) is 5.73 Å². The van der Waals surface area contributed by atoms with Crippen LogP contribution in [0.1, 0.15) is 48.9 Å². The SMILES string of the molecule is CC(CCc1cccc(F)c1)C(=O)NC1CCCc2cc(N)ccc21. The Hall–Kier alpha value is -2.36. The Labute approximate surface area is 148 Å². The average molecular weight is 340 g/mol. The van der Waals surface area contributed by atoms with Gasteiger partial charge in [-0.05, 0) is 73.1 Å². The molecule has 4 heteroatoms. The third kappa shape index (κ3) is 4.38. The van der Waals surface area contributed by atoms with Gasteiger partial charge in [0.2, 0.25) is 5.91 Å². The lowest BCUT2D eigenvalue weighted by molar-refractivity contribution is -0.125. The number of nitrogens with two attached hydrogens (primary N) is 1. The van der Waals surface area contributed by atoms with Crippen LogP contribution < -0.4 is 11.1 Å². The fourth-order valence-corrected chi connectivity index (χ4v) is 3.50. The lowest BCUT2D eigenvalue weighted by atomic mass is 9.87. The smallest absolute Gasteiger partial charge is 0.223 e. The molecule has 132 valence electrons. The zero-order valence-corrected chi connectivity index (χ0v) is 14.6. The van der Waals surface area contributed by atoms with E-state index in [1.54, 1.807) is 6.07 Å². The lowest BCUT2D eigenvalue weighted by Gasteiger charge is -2.28. The number of amides is 1. The molecule has 0 spiro atoms. The van der Waals surface area contributed by atoms with Crippen LogP contribution in [-0.2, 0) is 17.6 Å². The molecular formula is C21H25FN2O. The minimum absolute atomic E-state index is 0.0612. The van der Waals surface area contributed by atoms with Crippen LogP contribution in [-0.4, -0.2) is 5.91 Å². The molecule has 0 radical (unpaired) electrons. The molecule has 25 heavy (non-hydrogen) atoms. The summed E-state index contributed by atoms with van der Waals surface area (Å²) in [6, 6.07) is 12.6. The van der Waals surface area contributed by atoms with E-state index in [1.807, 2.05) is 31.2 Å². The van der Waals surface area contributed by atoms with Gasteiger partial charge in [0, 0.05) is 11.6 Å². The summed E-state index contributed by atoms with van der Waals surface area (Å²) in [5.74, 6) is -0.277. The largest absolute Gasteiger partial charge is 0.399 e. The third-order valence-corrected chi connectivity index (χ3v) is 5.00. The standard InChI is InChI=1S/C21H25FN2O/c1-14(8-9-15-4-2-6-17(22)12-15)21(25)24-20-7-3-5-16-13-18(23)10-11-19(16)20/h2,4,6,10-14,20H,3,5,7-9,23H2,1H3,(H,24,25). The molecule has 1 aliphatic carbocycles. The molecule has 0 aromatic heterocycles. The van der Waals surface area contributed by atoms with E-state index in [0.717, 1.165) is 30.5 Å². The van der Waals surface area contributed by atoms with Crippen LogP contribution in [0.5, 0.6) is 0 Å². The number of hydrogen-bond donors (Lipinski definition) is 2. The van der Waals surface area contributed by atoms with Gasteiger partial charge in [0.25, 0.3) is 0 Å². The number of benzene rings is 2. The normalized spacial score (nSPS) is 17.6. The highest BCUT2D eigenvalue weighted by Gasteiger charge is 2.23. The van der Waals surface area contributed by atoms with Crippen LogP contribution in [0.15, 0.2) is 42.5 Å². The minimum atomic E-state index is -0.229. The zero-order valence-electron chi connectivity index (χ0n) is 14.6. The van der Waals surface area contributed by atoms with Crippen molar-refractivity contribution in [2.24, 2.45) is 5.92 Å². The summed E-state index contributed by atoms with van der Waals surface area (Å²) in [5.41, 5.74) is 10.00. The van der Waals surface area contributed by atoms with Gasteiger partial charge in [-0.15, -0.1) is 0 Å². The number of fused-ring (bicyclic) bond motifs is 1. The quantitative estimate of drug-likeness (QED) is 0.803. The Kier molecular flexibility index (Phi) is 5.37. The summed E-state index contributed by atoms with van der Waals surface area (Å²) in [6.07, 6.45) is 4.43. The molecule has 1 amide bonds. The zero-order chi connectivity index (χ0) is 17.8. The van der Waals surface area contributed by atoms with Crippen molar-refractivity contribution in [2.45, 2.75) is 45.1 Å². The van der Waals surface area contributed by atoms with Gasteiger partial charge in [0.15, 0.2) is 0 Å². The fraction of sp³-hybridized carbons (Fsp3) is 0.381. The van der Waals surface area contributed by atoms with Crippen molar-refractivity contribution in [1.82, 2.24) is 5.32 Å². The molecule has 0 heterocycles. The number of hydrogen-bond acceptors (Lipinski definition) is 2. The molecule has 2 aromatic carbocycles. The summed E-state index contributed by atoms with van der Waals surface area (Å²) in [4.78, 5) is 12.6. The van der Waals surface area contributed by atoms with Gasteiger partial charge in [-0.2, -0.15) is 0 Å². The number of carbonyl (C=O) groups is 1. The molecule has 2 unspecified atom stereocenters. The first-order valence-electron chi connectivity index (χ1n) is 8.96. The van der Waals surface area contributed by atoms with Crippen LogP contribution in [0.4, 0.5) is 10.1 Å². The number of aryl methyl sites for hydroxylation is 2. The Balaban J connectivity index is 1.59. The van der Waals surface area contributed by atoms with E-state index in [-0.39, 0.29) is 23.7 Å². The van der Waals surface area contributed by atoms with Gasteiger partial charge in [-0.25, -0.2) is 4.39 Å². The van der Waals surface area contributed by atoms with E-state index >= 15 is 0 Å². The molecule has 0 bridgehead atoms. The van der Waals surface area contributed by atoms with Gasteiger partial charge in [-0.1, -0.05) is 25.1 Å². The third-order valence-electron chi connectivity index (χ3n) is 5.00. The van der Waals surface area contributed by atoms with Gasteiger partial charge < -0.3 is 11.1 Å². The predicted octanol–water partition coefficient (Wildman–Crippen LogP) is 4.17.